The minimum Gasteiger partial charge on any atom is -0.353 e. The molecule has 1 unspecified atom stereocenters. The van der Waals surface area contributed by atoms with E-state index in [1.165, 1.54) is 23.1 Å². The molecule has 1 aromatic carbocycles. The Kier molecular flexibility index (Phi) is 6.21. The average molecular weight is 336 g/mol. The Morgan fingerprint density at radius 2 is 2.14 bits per heavy atom. The quantitative estimate of drug-likeness (QED) is 0.756. The number of anilines is 2. The molecule has 0 radical (unpaired) electrons. The van der Waals surface area contributed by atoms with Crippen LogP contribution in [0.4, 0.5) is 10.8 Å². The summed E-state index contributed by atoms with van der Waals surface area (Å²) in [5.41, 5.74) is 2.17. The lowest BCUT2D eigenvalue weighted by Crippen LogP contribution is -2.33. The summed E-state index contributed by atoms with van der Waals surface area (Å²) < 4.78 is 0.787. The van der Waals surface area contributed by atoms with Gasteiger partial charge >= 0.3 is 0 Å². The van der Waals surface area contributed by atoms with Gasteiger partial charge in [-0.05, 0) is 31.9 Å². The summed E-state index contributed by atoms with van der Waals surface area (Å²) in [5, 5.41) is 15.1. The number of carbonyl (C=O) groups excluding carboxylic acids is 1. The van der Waals surface area contributed by atoms with Crippen LogP contribution < -0.4 is 10.6 Å². The van der Waals surface area contributed by atoms with Crippen molar-refractivity contribution in [3.05, 3.63) is 29.8 Å². The molecular weight excluding hydrogens is 316 g/mol. The zero-order valence-corrected chi connectivity index (χ0v) is 14.6. The fourth-order valence-corrected chi connectivity index (χ4v) is 3.27. The molecule has 5 nitrogen and oxygen atoms in total. The largest absolute Gasteiger partial charge is 0.353 e. The molecular formula is C15H20N4OS2. The lowest BCUT2D eigenvalue weighted by molar-refractivity contribution is -0.119. The van der Waals surface area contributed by atoms with Crippen molar-refractivity contribution >= 4 is 39.8 Å². The van der Waals surface area contributed by atoms with Gasteiger partial charge in [0.15, 0.2) is 4.34 Å². The van der Waals surface area contributed by atoms with Gasteiger partial charge in [0.25, 0.3) is 0 Å². The average Bonchev–Trinajstić information content (AvgIpc) is 2.95. The van der Waals surface area contributed by atoms with Gasteiger partial charge in [-0.2, -0.15) is 0 Å². The van der Waals surface area contributed by atoms with Crippen LogP contribution in [0.1, 0.15) is 25.8 Å². The number of nitrogens with zero attached hydrogens (tertiary/aromatic N) is 2. The molecule has 118 valence electrons. The number of rotatable bonds is 7. The summed E-state index contributed by atoms with van der Waals surface area (Å²) in [7, 11) is 0. The molecule has 0 bridgehead atoms. The second-order valence-corrected chi connectivity index (χ2v) is 7.18. The molecule has 1 atom stereocenters. The maximum Gasteiger partial charge on any atom is 0.230 e. The molecule has 2 aromatic rings. The van der Waals surface area contributed by atoms with Crippen LogP contribution in [0.3, 0.4) is 0 Å². The first-order chi connectivity index (χ1) is 10.6. The van der Waals surface area contributed by atoms with Crippen LogP contribution >= 0.6 is 23.1 Å². The first kappa shape index (κ1) is 16.8. The van der Waals surface area contributed by atoms with E-state index in [0.29, 0.717) is 5.75 Å². The van der Waals surface area contributed by atoms with E-state index in [2.05, 4.69) is 20.8 Å². The normalized spacial score (nSPS) is 12.0. The van der Waals surface area contributed by atoms with Crippen LogP contribution in [-0.2, 0) is 4.79 Å². The fraction of sp³-hybridized carbons (Fsp3) is 0.400. The zero-order valence-electron chi connectivity index (χ0n) is 12.9. The Hall–Kier alpha value is -1.60. The van der Waals surface area contributed by atoms with E-state index < -0.39 is 0 Å². The van der Waals surface area contributed by atoms with Crippen molar-refractivity contribution in [2.45, 2.75) is 37.6 Å². The van der Waals surface area contributed by atoms with Gasteiger partial charge in [-0.1, -0.05) is 48.2 Å². The van der Waals surface area contributed by atoms with Crippen LogP contribution in [0.25, 0.3) is 0 Å². The Balaban J connectivity index is 1.87. The van der Waals surface area contributed by atoms with Crippen LogP contribution in [0, 0.1) is 6.92 Å². The summed E-state index contributed by atoms with van der Waals surface area (Å²) in [4.78, 5) is 11.7. The minimum absolute atomic E-state index is 0.0305. The van der Waals surface area contributed by atoms with Gasteiger partial charge in [-0.15, -0.1) is 10.2 Å². The Bertz CT molecular complexity index is 630. The molecule has 0 aliphatic heterocycles. The number of hydrogen-bond acceptors (Lipinski definition) is 6. The van der Waals surface area contributed by atoms with Crippen molar-refractivity contribution in [2.75, 3.05) is 11.1 Å². The van der Waals surface area contributed by atoms with Crippen molar-refractivity contribution in [1.82, 2.24) is 15.5 Å². The second-order valence-electron chi connectivity index (χ2n) is 4.98. The SMILES string of the molecule is CCC(C)NC(=O)CSc1nnc(Nc2ccccc2C)s1. The van der Waals surface area contributed by atoms with E-state index in [1.807, 2.05) is 45.0 Å². The van der Waals surface area contributed by atoms with E-state index in [-0.39, 0.29) is 11.9 Å². The Morgan fingerprint density at radius 1 is 1.36 bits per heavy atom. The first-order valence-corrected chi connectivity index (χ1v) is 8.97. The highest BCUT2D eigenvalue weighted by atomic mass is 32.2. The highest BCUT2D eigenvalue weighted by molar-refractivity contribution is 8.01. The van der Waals surface area contributed by atoms with Crippen LogP contribution in [0.2, 0.25) is 0 Å². The molecule has 2 rings (SSSR count). The van der Waals surface area contributed by atoms with Crippen molar-refractivity contribution in [3.63, 3.8) is 0 Å². The number of aromatic nitrogens is 2. The van der Waals surface area contributed by atoms with Gasteiger partial charge in [0.2, 0.25) is 11.0 Å². The number of hydrogen-bond donors (Lipinski definition) is 2. The van der Waals surface area contributed by atoms with Crippen molar-refractivity contribution in [1.29, 1.82) is 0 Å². The number of aryl methyl sites for hydroxylation is 1. The molecule has 0 saturated carbocycles. The van der Waals surface area contributed by atoms with Gasteiger partial charge in [0, 0.05) is 11.7 Å². The third-order valence-corrected chi connectivity index (χ3v) is 5.11. The molecule has 22 heavy (non-hydrogen) atoms. The smallest absolute Gasteiger partial charge is 0.230 e. The highest BCUT2D eigenvalue weighted by Gasteiger charge is 2.10. The molecule has 0 aliphatic carbocycles. The predicted octanol–water partition coefficient (Wildman–Crippen LogP) is 3.60. The zero-order chi connectivity index (χ0) is 15.9. The number of thioether (sulfide) groups is 1. The maximum absolute atomic E-state index is 11.7. The number of amides is 1. The van der Waals surface area contributed by atoms with Crippen LogP contribution in [0.15, 0.2) is 28.6 Å². The topological polar surface area (TPSA) is 66.9 Å². The van der Waals surface area contributed by atoms with Gasteiger partial charge in [-0.25, -0.2) is 0 Å². The monoisotopic (exact) mass is 336 g/mol. The van der Waals surface area contributed by atoms with Gasteiger partial charge in [-0.3, -0.25) is 4.79 Å². The van der Waals surface area contributed by atoms with E-state index >= 15 is 0 Å². The molecule has 7 heteroatoms. The molecule has 0 aliphatic rings. The van der Waals surface area contributed by atoms with E-state index in [9.17, 15) is 4.79 Å². The molecule has 0 spiro atoms. The van der Waals surface area contributed by atoms with Crippen molar-refractivity contribution < 1.29 is 4.79 Å². The maximum atomic E-state index is 11.7. The lowest BCUT2D eigenvalue weighted by atomic mass is 10.2. The van der Waals surface area contributed by atoms with Gasteiger partial charge in [0.05, 0.1) is 5.75 Å². The van der Waals surface area contributed by atoms with Crippen molar-refractivity contribution in [2.24, 2.45) is 0 Å². The van der Waals surface area contributed by atoms with E-state index in [0.717, 1.165) is 27.1 Å². The van der Waals surface area contributed by atoms with Crippen molar-refractivity contribution in [3.8, 4) is 0 Å². The van der Waals surface area contributed by atoms with Crippen LogP contribution in [-0.4, -0.2) is 27.9 Å². The predicted molar refractivity (Wildman–Crippen MR) is 93.0 cm³/mol. The van der Waals surface area contributed by atoms with E-state index in [1.54, 1.807) is 0 Å². The fourth-order valence-electron chi connectivity index (χ4n) is 1.69. The summed E-state index contributed by atoms with van der Waals surface area (Å²) in [6.07, 6.45) is 0.930. The van der Waals surface area contributed by atoms with Gasteiger partial charge in [0.1, 0.15) is 0 Å². The van der Waals surface area contributed by atoms with E-state index in [4.69, 9.17) is 0 Å². The number of nitrogens with one attached hydrogen (secondary N) is 2. The summed E-state index contributed by atoms with van der Waals surface area (Å²) >= 11 is 2.86. The summed E-state index contributed by atoms with van der Waals surface area (Å²) in [5.74, 6) is 0.395. The number of benzene rings is 1. The lowest BCUT2D eigenvalue weighted by Gasteiger charge is -2.10. The van der Waals surface area contributed by atoms with Gasteiger partial charge < -0.3 is 10.6 Å². The number of para-hydroxylation sites is 1. The standard InChI is InChI=1S/C15H20N4OS2/c1-4-11(3)16-13(20)9-21-15-19-18-14(22-15)17-12-8-6-5-7-10(12)2/h5-8,11H,4,9H2,1-3H3,(H,16,20)(H,17,18). The molecule has 1 amide bonds. The summed E-state index contributed by atoms with van der Waals surface area (Å²) in [6.45, 7) is 6.09. The summed E-state index contributed by atoms with van der Waals surface area (Å²) in [6, 6.07) is 8.23. The Labute approximate surface area is 138 Å². The molecule has 0 saturated heterocycles. The highest BCUT2D eigenvalue weighted by Crippen LogP contribution is 2.28. The Morgan fingerprint density at radius 3 is 2.86 bits per heavy atom. The third kappa shape index (κ3) is 4.99. The third-order valence-electron chi connectivity index (χ3n) is 3.14. The number of carbonyl (C=O) groups is 1. The molecule has 2 N–H and O–H groups in total. The first-order valence-electron chi connectivity index (χ1n) is 7.16. The molecule has 0 fully saturated rings. The van der Waals surface area contributed by atoms with Crippen LogP contribution in [0.5, 0.6) is 0 Å². The minimum atomic E-state index is 0.0305. The molecule has 1 heterocycles. The second kappa shape index (κ2) is 8.14. The molecule has 1 aromatic heterocycles.